The molecular formula is C33H34ClN5O6. The molecule has 0 unspecified atom stereocenters. The molecule has 2 amide bonds. The van der Waals surface area contributed by atoms with Gasteiger partial charge in [0.25, 0.3) is 0 Å². The standard InChI is InChI=1S/C33H34ClN5O6/c1-4-44-28-15-22(31-30(32(41)43-3)20(2)36-33(42)37-31)12-13-27(28)45-19-29(40)38-35-16-23-18-39(26-11-6-5-10-25(23)26)17-21-8-7-9-24(34)14-21/h5-16,18,29,31,38,40H,4,17,19H2,1-3H3,(H2,36,37,42)/b35-16+/t29-,31+/m0/s1. The number of nitrogens with one attached hydrogen (secondary N) is 3. The number of aliphatic hydroxyl groups excluding tert-OH is 1. The third-order valence-electron chi connectivity index (χ3n) is 7.16. The first-order chi connectivity index (χ1) is 21.8. The van der Waals surface area contributed by atoms with Crippen LogP contribution in [0.5, 0.6) is 11.5 Å². The highest BCUT2D eigenvalue weighted by atomic mass is 35.5. The van der Waals surface area contributed by atoms with Gasteiger partial charge in [0.05, 0.1) is 31.5 Å². The number of urea groups is 1. The fourth-order valence-corrected chi connectivity index (χ4v) is 5.37. The number of ether oxygens (including phenoxy) is 3. The number of carbonyl (C=O) groups excluding carboxylic acids is 2. The Labute approximate surface area is 265 Å². The fourth-order valence-electron chi connectivity index (χ4n) is 5.16. The van der Waals surface area contributed by atoms with Crippen LogP contribution in [0.1, 0.15) is 36.6 Å². The molecule has 12 heteroatoms. The molecule has 4 N–H and O–H groups in total. The summed E-state index contributed by atoms with van der Waals surface area (Å²) in [6, 6.07) is 19.6. The molecule has 234 valence electrons. The molecule has 1 aromatic heterocycles. The van der Waals surface area contributed by atoms with E-state index in [1.165, 1.54) is 7.11 Å². The number of hydrogen-bond donors (Lipinski definition) is 4. The third-order valence-corrected chi connectivity index (χ3v) is 7.40. The Hall–Kier alpha value is -5.00. The van der Waals surface area contributed by atoms with Crippen LogP contribution < -0.4 is 25.5 Å². The molecule has 5 rings (SSSR count). The predicted molar refractivity (Wildman–Crippen MR) is 171 cm³/mol. The summed E-state index contributed by atoms with van der Waals surface area (Å²) >= 11 is 6.18. The average Bonchev–Trinajstić information content (AvgIpc) is 3.36. The Kier molecular flexibility index (Phi) is 9.91. The molecule has 4 aromatic rings. The average molecular weight is 632 g/mol. The van der Waals surface area contributed by atoms with Crippen molar-refractivity contribution in [3.05, 3.63) is 106 Å². The van der Waals surface area contributed by atoms with Crippen LogP contribution in [-0.4, -0.2) is 54.4 Å². The number of carbonyl (C=O) groups is 2. The molecule has 45 heavy (non-hydrogen) atoms. The Morgan fingerprint density at radius 3 is 2.73 bits per heavy atom. The van der Waals surface area contributed by atoms with Crippen molar-refractivity contribution in [3.63, 3.8) is 0 Å². The van der Waals surface area contributed by atoms with E-state index >= 15 is 0 Å². The maximum absolute atomic E-state index is 12.5. The van der Waals surface area contributed by atoms with Crippen molar-refractivity contribution in [3.8, 4) is 11.5 Å². The molecule has 0 spiro atoms. The van der Waals surface area contributed by atoms with Crippen LogP contribution >= 0.6 is 11.6 Å². The molecule has 0 radical (unpaired) electrons. The SMILES string of the molecule is CCOc1cc([C@H]2NC(=O)NC(C)=C2C(=O)OC)ccc1OC[C@H](O)N/N=C/c1cn(Cc2cccc(Cl)c2)c2ccccc12. The van der Waals surface area contributed by atoms with Crippen molar-refractivity contribution < 1.29 is 28.9 Å². The van der Waals surface area contributed by atoms with E-state index in [4.69, 9.17) is 25.8 Å². The van der Waals surface area contributed by atoms with E-state index in [9.17, 15) is 14.7 Å². The van der Waals surface area contributed by atoms with Crippen LogP contribution in [0.3, 0.4) is 0 Å². The monoisotopic (exact) mass is 631 g/mol. The first-order valence-electron chi connectivity index (χ1n) is 14.3. The summed E-state index contributed by atoms with van der Waals surface area (Å²) in [6.07, 6.45) is 2.53. The number of halogens is 1. The molecule has 0 fully saturated rings. The lowest BCUT2D eigenvalue weighted by Crippen LogP contribution is -2.45. The molecule has 0 aliphatic carbocycles. The van der Waals surface area contributed by atoms with E-state index < -0.39 is 24.3 Å². The number of aromatic nitrogens is 1. The van der Waals surface area contributed by atoms with Gasteiger partial charge in [-0.25, -0.2) is 9.59 Å². The Balaban J connectivity index is 1.26. The van der Waals surface area contributed by atoms with Crippen molar-refractivity contribution in [2.75, 3.05) is 20.3 Å². The number of aliphatic hydroxyl groups is 1. The van der Waals surface area contributed by atoms with Gasteiger partial charge in [-0.1, -0.05) is 48.0 Å². The lowest BCUT2D eigenvalue weighted by molar-refractivity contribution is -0.136. The van der Waals surface area contributed by atoms with Crippen LogP contribution in [-0.2, 0) is 16.1 Å². The van der Waals surface area contributed by atoms with Gasteiger partial charge in [0.1, 0.15) is 6.61 Å². The second-order valence-corrected chi connectivity index (χ2v) is 10.7. The Morgan fingerprint density at radius 2 is 1.96 bits per heavy atom. The number of methoxy groups -OCH3 is 1. The van der Waals surface area contributed by atoms with Gasteiger partial charge in [0.15, 0.2) is 17.7 Å². The van der Waals surface area contributed by atoms with E-state index in [-0.39, 0.29) is 12.2 Å². The summed E-state index contributed by atoms with van der Waals surface area (Å²) in [5, 5.41) is 21.9. The smallest absolute Gasteiger partial charge is 0.337 e. The molecular weight excluding hydrogens is 598 g/mol. The summed E-state index contributed by atoms with van der Waals surface area (Å²) in [4.78, 5) is 24.7. The third kappa shape index (κ3) is 7.39. The highest BCUT2D eigenvalue weighted by Crippen LogP contribution is 2.35. The number of para-hydroxylation sites is 1. The normalized spacial score (nSPS) is 15.5. The summed E-state index contributed by atoms with van der Waals surface area (Å²) in [5.74, 6) is 0.187. The van der Waals surface area contributed by atoms with E-state index in [0.717, 1.165) is 22.0 Å². The van der Waals surface area contributed by atoms with E-state index in [1.807, 2.05) is 61.7 Å². The molecule has 0 bridgehead atoms. The first-order valence-corrected chi connectivity index (χ1v) is 14.7. The zero-order valence-electron chi connectivity index (χ0n) is 25.0. The number of hydrazone groups is 1. The van der Waals surface area contributed by atoms with Gasteiger partial charge in [0.2, 0.25) is 0 Å². The van der Waals surface area contributed by atoms with Gasteiger partial charge in [-0.15, -0.1) is 0 Å². The van der Waals surface area contributed by atoms with E-state index in [0.29, 0.717) is 40.9 Å². The van der Waals surface area contributed by atoms with E-state index in [2.05, 4.69) is 25.7 Å². The van der Waals surface area contributed by atoms with Crippen molar-refractivity contribution in [2.45, 2.75) is 32.7 Å². The molecule has 1 aliphatic rings. The minimum Gasteiger partial charge on any atom is -0.490 e. The molecule has 11 nitrogen and oxygen atoms in total. The molecule has 2 atom stereocenters. The van der Waals surface area contributed by atoms with Gasteiger partial charge in [-0.05, 0) is 55.3 Å². The number of benzene rings is 3. The second-order valence-electron chi connectivity index (χ2n) is 10.3. The fraction of sp³-hybridized carbons (Fsp3) is 0.242. The summed E-state index contributed by atoms with van der Waals surface area (Å²) < 4.78 is 18.7. The zero-order valence-corrected chi connectivity index (χ0v) is 25.8. The Bertz CT molecular complexity index is 1770. The first kappa shape index (κ1) is 31.4. The van der Waals surface area contributed by atoms with E-state index in [1.54, 1.807) is 31.3 Å². The highest BCUT2D eigenvalue weighted by molar-refractivity contribution is 6.30. The van der Waals surface area contributed by atoms with Crippen molar-refractivity contribution in [1.29, 1.82) is 0 Å². The van der Waals surface area contributed by atoms with Crippen LogP contribution in [0, 0.1) is 0 Å². The molecule has 0 saturated heterocycles. The number of esters is 1. The zero-order chi connectivity index (χ0) is 31.9. The number of amides is 2. The number of rotatable bonds is 12. The summed E-state index contributed by atoms with van der Waals surface area (Å²) in [7, 11) is 1.28. The second kappa shape index (κ2) is 14.2. The van der Waals surface area contributed by atoms with Crippen molar-refractivity contribution in [2.24, 2.45) is 5.10 Å². The largest absolute Gasteiger partial charge is 0.490 e. The summed E-state index contributed by atoms with van der Waals surface area (Å²) in [5.41, 5.74) is 6.97. The minimum absolute atomic E-state index is 0.135. The quantitative estimate of drug-likeness (QED) is 0.0759. The Morgan fingerprint density at radius 1 is 1.13 bits per heavy atom. The molecule has 2 heterocycles. The van der Waals surface area contributed by atoms with Crippen LogP contribution in [0.2, 0.25) is 5.02 Å². The number of nitrogens with zero attached hydrogens (tertiary/aromatic N) is 2. The van der Waals surface area contributed by atoms with Crippen LogP contribution in [0.15, 0.2) is 89.3 Å². The maximum Gasteiger partial charge on any atom is 0.337 e. The van der Waals surface area contributed by atoms with Crippen molar-refractivity contribution >= 4 is 40.7 Å². The maximum atomic E-state index is 12.5. The topological polar surface area (TPSA) is 135 Å². The molecule has 1 aliphatic heterocycles. The number of fused-ring (bicyclic) bond motifs is 1. The number of hydrogen-bond acceptors (Lipinski definition) is 8. The molecule has 0 saturated carbocycles. The van der Waals surface area contributed by atoms with Gasteiger partial charge >= 0.3 is 12.0 Å². The predicted octanol–water partition coefficient (Wildman–Crippen LogP) is 4.86. The number of allylic oxidation sites excluding steroid dienone is 1. The van der Waals surface area contributed by atoms with Crippen molar-refractivity contribution in [1.82, 2.24) is 20.6 Å². The van der Waals surface area contributed by atoms with Crippen LogP contribution in [0.4, 0.5) is 4.79 Å². The lowest BCUT2D eigenvalue weighted by Gasteiger charge is -2.28. The van der Waals surface area contributed by atoms with Gasteiger partial charge < -0.3 is 34.5 Å². The lowest BCUT2D eigenvalue weighted by atomic mass is 9.95. The summed E-state index contributed by atoms with van der Waals surface area (Å²) in [6.45, 7) is 4.30. The van der Waals surface area contributed by atoms with Gasteiger partial charge in [0, 0.05) is 39.9 Å². The highest BCUT2D eigenvalue weighted by Gasteiger charge is 2.32. The minimum atomic E-state index is -1.13. The van der Waals surface area contributed by atoms with Crippen LogP contribution in [0.25, 0.3) is 10.9 Å². The van der Waals surface area contributed by atoms with Gasteiger partial charge in [-0.2, -0.15) is 5.10 Å². The van der Waals surface area contributed by atoms with Gasteiger partial charge in [-0.3, -0.25) is 5.43 Å². The molecule has 3 aromatic carbocycles.